The number of hydrogen-bond acceptors (Lipinski definition) is 6. The van der Waals surface area contributed by atoms with Gasteiger partial charge in [-0.3, -0.25) is 9.59 Å². The number of ether oxygens (including phenoxy) is 2. The maximum absolute atomic E-state index is 13.7. The standard InChI is InChI=1S/C40H54N2O5S/c1-5-46-36(43)29-21-10-8-6-7-9-11-22-30-41-37(44)35(42-38(45)47-39(2,3)4)31-48-40(32-23-15-12-16-24-32,33-25-17-13-18-26-33)34-27-19-14-20-28-34/h12-20,23-28,35H,5-11,21-22,29-31H2,1-4H3,(H,41,44)(H,42,45)/t35-/m0/s1. The van der Waals surface area contributed by atoms with Crippen molar-refractivity contribution in [2.45, 2.75) is 102 Å². The van der Waals surface area contributed by atoms with Crippen LogP contribution < -0.4 is 10.6 Å². The number of esters is 1. The molecule has 0 aromatic heterocycles. The van der Waals surface area contributed by atoms with Crippen LogP contribution in [0.15, 0.2) is 91.0 Å². The Morgan fingerprint density at radius 2 is 1.15 bits per heavy atom. The molecule has 2 amide bonds. The number of carbonyl (C=O) groups excluding carboxylic acids is 3. The van der Waals surface area contributed by atoms with Crippen molar-refractivity contribution in [3.8, 4) is 0 Å². The predicted molar refractivity (Wildman–Crippen MR) is 196 cm³/mol. The highest BCUT2D eigenvalue weighted by Crippen LogP contribution is 2.48. The van der Waals surface area contributed by atoms with E-state index in [1.54, 1.807) is 11.8 Å². The first-order valence-corrected chi connectivity index (χ1v) is 18.4. The quantitative estimate of drug-likeness (QED) is 0.0707. The lowest BCUT2D eigenvalue weighted by Crippen LogP contribution is -2.50. The second-order valence-electron chi connectivity index (χ2n) is 13.0. The van der Waals surface area contributed by atoms with E-state index >= 15 is 0 Å². The molecule has 0 saturated heterocycles. The number of alkyl carbamates (subject to hydrolysis) is 1. The fourth-order valence-electron chi connectivity index (χ4n) is 5.63. The zero-order valence-electron chi connectivity index (χ0n) is 29.2. The average Bonchev–Trinajstić information content (AvgIpc) is 3.07. The van der Waals surface area contributed by atoms with Crippen LogP contribution in [0, 0.1) is 0 Å². The minimum absolute atomic E-state index is 0.107. The number of thioether (sulfide) groups is 1. The lowest BCUT2D eigenvalue weighted by molar-refractivity contribution is -0.143. The van der Waals surface area contributed by atoms with Gasteiger partial charge < -0.3 is 20.1 Å². The summed E-state index contributed by atoms with van der Waals surface area (Å²) in [5, 5.41) is 5.96. The Hall–Kier alpha value is -3.78. The number of hydrogen-bond donors (Lipinski definition) is 2. The molecular formula is C40H54N2O5S. The SMILES string of the molecule is CCOC(=O)CCCCCCCCCCNC(=O)[C@H](CSC(c1ccccc1)(c1ccccc1)c1ccccc1)NC(=O)OC(C)(C)C. The van der Waals surface area contributed by atoms with E-state index in [4.69, 9.17) is 9.47 Å². The van der Waals surface area contributed by atoms with Crippen molar-refractivity contribution < 1.29 is 23.9 Å². The normalized spacial score (nSPS) is 12.2. The van der Waals surface area contributed by atoms with E-state index in [-0.39, 0.29) is 11.9 Å². The average molecular weight is 675 g/mol. The highest BCUT2D eigenvalue weighted by molar-refractivity contribution is 8.00. The monoisotopic (exact) mass is 674 g/mol. The Labute approximate surface area is 292 Å². The molecule has 0 unspecified atom stereocenters. The minimum Gasteiger partial charge on any atom is -0.466 e. The fourth-order valence-corrected chi connectivity index (χ4v) is 7.19. The van der Waals surface area contributed by atoms with Crippen LogP contribution in [0.4, 0.5) is 4.79 Å². The van der Waals surface area contributed by atoms with Crippen LogP contribution in [-0.4, -0.2) is 48.5 Å². The molecule has 260 valence electrons. The molecule has 1 atom stereocenters. The highest BCUT2D eigenvalue weighted by atomic mass is 32.2. The molecule has 0 saturated carbocycles. The van der Waals surface area contributed by atoms with E-state index < -0.39 is 22.5 Å². The summed E-state index contributed by atoms with van der Waals surface area (Å²) >= 11 is 1.63. The Kier molecular flexibility index (Phi) is 16.6. The molecule has 0 aliphatic rings. The van der Waals surface area contributed by atoms with E-state index in [1.807, 2.05) is 82.3 Å². The van der Waals surface area contributed by atoms with Crippen molar-refractivity contribution in [1.29, 1.82) is 0 Å². The number of amides is 2. The topological polar surface area (TPSA) is 93.7 Å². The first-order valence-electron chi connectivity index (χ1n) is 17.4. The van der Waals surface area contributed by atoms with Crippen molar-refractivity contribution in [2.24, 2.45) is 0 Å². The van der Waals surface area contributed by atoms with Gasteiger partial charge in [-0.25, -0.2) is 4.79 Å². The molecule has 0 aliphatic carbocycles. The maximum atomic E-state index is 13.7. The summed E-state index contributed by atoms with van der Waals surface area (Å²) in [7, 11) is 0. The summed E-state index contributed by atoms with van der Waals surface area (Å²) in [6.07, 6.45) is 8.16. The fraction of sp³-hybridized carbons (Fsp3) is 0.475. The van der Waals surface area contributed by atoms with Crippen molar-refractivity contribution in [2.75, 3.05) is 18.9 Å². The molecular weight excluding hydrogens is 621 g/mol. The van der Waals surface area contributed by atoms with E-state index in [0.717, 1.165) is 68.1 Å². The predicted octanol–water partition coefficient (Wildman–Crippen LogP) is 8.80. The lowest BCUT2D eigenvalue weighted by atomic mass is 9.84. The van der Waals surface area contributed by atoms with Crippen LogP contribution in [0.2, 0.25) is 0 Å². The third kappa shape index (κ3) is 13.0. The largest absolute Gasteiger partial charge is 0.466 e. The Bertz CT molecular complexity index is 1270. The molecule has 3 rings (SSSR count). The van der Waals surface area contributed by atoms with Crippen LogP contribution in [0.25, 0.3) is 0 Å². The van der Waals surface area contributed by atoms with Crippen LogP contribution in [0.3, 0.4) is 0 Å². The highest BCUT2D eigenvalue weighted by Gasteiger charge is 2.38. The van der Waals surface area contributed by atoms with Gasteiger partial charge in [0.25, 0.3) is 0 Å². The van der Waals surface area contributed by atoms with E-state index in [2.05, 4.69) is 47.0 Å². The van der Waals surface area contributed by atoms with Crippen LogP contribution >= 0.6 is 11.8 Å². The third-order valence-corrected chi connectivity index (χ3v) is 9.57. The summed E-state index contributed by atoms with van der Waals surface area (Å²) in [6, 6.07) is 30.1. The van der Waals surface area contributed by atoms with Gasteiger partial charge in [0, 0.05) is 18.7 Å². The van der Waals surface area contributed by atoms with Crippen LogP contribution in [0.1, 0.15) is 102 Å². The molecule has 0 heterocycles. The summed E-state index contributed by atoms with van der Waals surface area (Å²) < 4.78 is 9.92. The Balaban J connectivity index is 1.65. The van der Waals surface area contributed by atoms with E-state index in [1.165, 1.54) is 0 Å². The van der Waals surface area contributed by atoms with Crippen LogP contribution in [0.5, 0.6) is 0 Å². The van der Waals surface area contributed by atoms with Gasteiger partial charge in [0.15, 0.2) is 0 Å². The number of unbranched alkanes of at least 4 members (excludes halogenated alkanes) is 7. The van der Waals surface area contributed by atoms with Gasteiger partial charge in [0.2, 0.25) is 5.91 Å². The van der Waals surface area contributed by atoms with Gasteiger partial charge in [-0.15, -0.1) is 11.8 Å². The van der Waals surface area contributed by atoms with Gasteiger partial charge >= 0.3 is 12.1 Å². The molecule has 7 nitrogen and oxygen atoms in total. The molecule has 3 aromatic rings. The molecule has 0 aliphatic heterocycles. The Morgan fingerprint density at radius 3 is 1.60 bits per heavy atom. The minimum atomic E-state index is -0.810. The third-order valence-electron chi connectivity index (χ3n) is 7.93. The summed E-state index contributed by atoms with van der Waals surface area (Å²) in [4.78, 5) is 38.1. The molecule has 0 fully saturated rings. The Morgan fingerprint density at radius 1 is 0.688 bits per heavy atom. The number of nitrogens with one attached hydrogen (secondary N) is 2. The molecule has 0 spiro atoms. The molecule has 0 radical (unpaired) electrons. The molecule has 2 N–H and O–H groups in total. The van der Waals surface area contributed by atoms with Crippen molar-refractivity contribution in [1.82, 2.24) is 10.6 Å². The molecule has 3 aromatic carbocycles. The van der Waals surface area contributed by atoms with Gasteiger partial charge in [-0.05, 0) is 57.2 Å². The smallest absolute Gasteiger partial charge is 0.408 e. The first kappa shape index (κ1) is 38.7. The zero-order chi connectivity index (χ0) is 34.7. The van der Waals surface area contributed by atoms with Gasteiger partial charge in [-0.2, -0.15) is 0 Å². The van der Waals surface area contributed by atoms with E-state index in [0.29, 0.717) is 25.3 Å². The first-order chi connectivity index (χ1) is 23.2. The second-order valence-corrected chi connectivity index (χ2v) is 14.2. The number of rotatable bonds is 20. The number of benzene rings is 3. The molecule has 0 bridgehead atoms. The van der Waals surface area contributed by atoms with Gasteiger partial charge in [-0.1, -0.05) is 130 Å². The van der Waals surface area contributed by atoms with Gasteiger partial charge in [0.1, 0.15) is 11.6 Å². The van der Waals surface area contributed by atoms with E-state index in [9.17, 15) is 14.4 Å². The lowest BCUT2D eigenvalue weighted by Gasteiger charge is -2.36. The molecule has 48 heavy (non-hydrogen) atoms. The summed E-state index contributed by atoms with van der Waals surface area (Å²) in [6.45, 7) is 8.24. The van der Waals surface area contributed by atoms with Crippen molar-refractivity contribution >= 4 is 29.7 Å². The number of carbonyl (C=O) groups is 3. The van der Waals surface area contributed by atoms with Crippen LogP contribution in [-0.2, 0) is 23.8 Å². The zero-order valence-corrected chi connectivity index (χ0v) is 30.0. The van der Waals surface area contributed by atoms with Gasteiger partial charge in [0.05, 0.1) is 11.4 Å². The van der Waals surface area contributed by atoms with Crippen molar-refractivity contribution in [3.63, 3.8) is 0 Å². The second kappa shape index (κ2) is 20.6. The maximum Gasteiger partial charge on any atom is 0.408 e. The summed E-state index contributed by atoms with van der Waals surface area (Å²) in [5.74, 6) is -0.0115. The summed E-state index contributed by atoms with van der Waals surface area (Å²) in [5.41, 5.74) is 2.56. The molecule has 8 heteroatoms. The van der Waals surface area contributed by atoms with Crippen molar-refractivity contribution in [3.05, 3.63) is 108 Å².